The summed E-state index contributed by atoms with van der Waals surface area (Å²) in [5, 5.41) is 0. The molecule has 3 rings (SSSR count). The SMILES string of the molecule is COC1=CC(=O)c2c(c(COC(C)=O)c3n2CCCC3OC(C)=O)C1=O. The van der Waals surface area contributed by atoms with Crippen LogP contribution in [0.25, 0.3) is 0 Å². The first kappa shape index (κ1) is 17.9. The molecule has 0 saturated heterocycles. The van der Waals surface area contributed by atoms with E-state index >= 15 is 0 Å². The van der Waals surface area contributed by atoms with E-state index in [9.17, 15) is 19.2 Å². The van der Waals surface area contributed by atoms with Crippen LogP contribution in [-0.2, 0) is 37.0 Å². The number of fused-ring (bicyclic) bond motifs is 3. The number of nitrogens with zero attached hydrogens (tertiary/aromatic N) is 1. The molecule has 26 heavy (non-hydrogen) atoms. The van der Waals surface area contributed by atoms with Crippen LogP contribution in [0.15, 0.2) is 11.8 Å². The lowest BCUT2D eigenvalue weighted by atomic mass is 9.95. The average Bonchev–Trinajstić information content (AvgIpc) is 2.92. The summed E-state index contributed by atoms with van der Waals surface area (Å²) in [6.07, 6.45) is 1.79. The zero-order valence-corrected chi connectivity index (χ0v) is 14.8. The summed E-state index contributed by atoms with van der Waals surface area (Å²) in [5.41, 5.74) is 1.31. The highest BCUT2D eigenvalue weighted by molar-refractivity contribution is 6.24. The van der Waals surface area contributed by atoms with Gasteiger partial charge in [0.15, 0.2) is 5.76 Å². The maximum absolute atomic E-state index is 12.8. The van der Waals surface area contributed by atoms with Gasteiger partial charge in [-0.25, -0.2) is 0 Å². The van der Waals surface area contributed by atoms with Crippen molar-refractivity contribution in [2.24, 2.45) is 0 Å². The molecule has 0 bridgehead atoms. The molecule has 0 radical (unpaired) electrons. The Hall–Kier alpha value is -2.90. The number of hydrogen-bond donors (Lipinski definition) is 0. The Morgan fingerprint density at radius 3 is 2.58 bits per heavy atom. The van der Waals surface area contributed by atoms with Gasteiger partial charge in [0.2, 0.25) is 11.6 Å². The first-order chi connectivity index (χ1) is 12.3. The molecule has 0 amide bonds. The van der Waals surface area contributed by atoms with Crippen molar-refractivity contribution in [1.82, 2.24) is 4.57 Å². The van der Waals surface area contributed by atoms with E-state index < -0.39 is 23.8 Å². The minimum absolute atomic E-state index is 0.0708. The fourth-order valence-electron chi connectivity index (χ4n) is 3.52. The Kier molecular flexibility index (Phi) is 4.67. The predicted octanol–water partition coefficient (Wildman–Crippen LogP) is 1.86. The minimum Gasteiger partial charge on any atom is -0.492 e. The van der Waals surface area contributed by atoms with Crippen molar-refractivity contribution in [1.29, 1.82) is 0 Å². The monoisotopic (exact) mass is 361 g/mol. The Morgan fingerprint density at radius 2 is 1.96 bits per heavy atom. The van der Waals surface area contributed by atoms with Crippen molar-refractivity contribution in [2.75, 3.05) is 7.11 Å². The van der Waals surface area contributed by atoms with Crippen LogP contribution < -0.4 is 0 Å². The van der Waals surface area contributed by atoms with Crippen molar-refractivity contribution in [3.8, 4) is 0 Å². The summed E-state index contributed by atoms with van der Waals surface area (Å²) in [6.45, 7) is 2.87. The van der Waals surface area contributed by atoms with Gasteiger partial charge in [-0.3, -0.25) is 19.2 Å². The average molecular weight is 361 g/mol. The van der Waals surface area contributed by atoms with Crippen LogP contribution >= 0.6 is 0 Å². The molecule has 0 N–H and O–H groups in total. The van der Waals surface area contributed by atoms with Crippen LogP contribution in [0.5, 0.6) is 0 Å². The number of rotatable bonds is 4. The molecule has 8 heteroatoms. The van der Waals surface area contributed by atoms with Crippen molar-refractivity contribution >= 4 is 23.5 Å². The first-order valence-corrected chi connectivity index (χ1v) is 8.25. The van der Waals surface area contributed by atoms with Gasteiger partial charge in [-0.1, -0.05) is 0 Å². The topological polar surface area (TPSA) is 101 Å². The van der Waals surface area contributed by atoms with Crippen molar-refractivity contribution in [3.05, 3.63) is 34.3 Å². The molecule has 1 aliphatic heterocycles. The first-order valence-electron chi connectivity index (χ1n) is 8.25. The molecule has 0 saturated carbocycles. The number of carbonyl (C=O) groups excluding carboxylic acids is 4. The third kappa shape index (κ3) is 2.91. The van der Waals surface area contributed by atoms with E-state index in [1.165, 1.54) is 21.0 Å². The van der Waals surface area contributed by atoms with E-state index in [2.05, 4.69) is 0 Å². The molecule has 0 aromatic carbocycles. The molecule has 1 unspecified atom stereocenters. The number of allylic oxidation sites excluding steroid dienone is 2. The van der Waals surface area contributed by atoms with Crippen molar-refractivity contribution < 1.29 is 33.4 Å². The number of hydrogen-bond acceptors (Lipinski definition) is 7. The second kappa shape index (κ2) is 6.78. The molecule has 1 aliphatic carbocycles. The van der Waals surface area contributed by atoms with E-state index in [-0.39, 0.29) is 29.4 Å². The van der Waals surface area contributed by atoms with Crippen molar-refractivity contribution in [2.45, 2.75) is 45.9 Å². The molecule has 8 nitrogen and oxygen atoms in total. The molecule has 1 aromatic rings. The fraction of sp³-hybridized carbons (Fsp3) is 0.444. The number of methoxy groups -OCH3 is 1. The molecular weight excluding hydrogens is 342 g/mol. The standard InChI is InChI=1S/C18H19NO7/c1-9(20)25-8-11-15-17(12(22)7-14(24-3)18(15)23)19-6-4-5-13(16(11)19)26-10(2)21/h7,13H,4-6,8H2,1-3H3. The molecule has 1 aromatic heterocycles. The van der Waals surface area contributed by atoms with Crippen LogP contribution in [0.2, 0.25) is 0 Å². The molecule has 2 heterocycles. The van der Waals surface area contributed by atoms with Crippen LogP contribution in [0.4, 0.5) is 0 Å². The second-order valence-corrected chi connectivity index (χ2v) is 6.17. The van der Waals surface area contributed by atoms with Gasteiger partial charge in [-0.2, -0.15) is 0 Å². The summed E-state index contributed by atoms with van der Waals surface area (Å²) < 4.78 is 17.2. The Balaban J connectivity index is 2.21. The zero-order valence-electron chi connectivity index (χ0n) is 14.8. The van der Waals surface area contributed by atoms with E-state index in [0.29, 0.717) is 30.6 Å². The highest BCUT2D eigenvalue weighted by Gasteiger charge is 2.40. The normalized spacial score (nSPS) is 18.6. The molecule has 2 aliphatic rings. The number of carbonyl (C=O) groups is 4. The maximum atomic E-state index is 12.8. The van der Waals surface area contributed by atoms with E-state index in [1.54, 1.807) is 4.57 Å². The van der Waals surface area contributed by atoms with Crippen LogP contribution in [0, 0.1) is 0 Å². The summed E-state index contributed by atoms with van der Waals surface area (Å²) in [7, 11) is 1.31. The van der Waals surface area contributed by atoms with Gasteiger partial charge in [0.25, 0.3) is 0 Å². The summed E-state index contributed by atoms with van der Waals surface area (Å²) >= 11 is 0. The van der Waals surface area contributed by atoms with Gasteiger partial charge in [-0.05, 0) is 12.8 Å². The maximum Gasteiger partial charge on any atom is 0.303 e. The van der Waals surface area contributed by atoms with Crippen LogP contribution in [0.3, 0.4) is 0 Å². The highest BCUT2D eigenvalue weighted by Crippen LogP contribution is 2.39. The number of aromatic nitrogens is 1. The molecular formula is C18H19NO7. The third-order valence-electron chi connectivity index (χ3n) is 4.46. The molecule has 1 atom stereocenters. The summed E-state index contributed by atoms with van der Waals surface area (Å²) in [5.74, 6) is -1.87. The number of ketones is 2. The second-order valence-electron chi connectivity index (χ2n) is 6.17. The Labute approximate surface area is 149 Å². The van der Waals surface area contributed by atoms with Gasteiger partial charge in [-0.15, -0.1) is 0 Å². The summed E-state index contributed by atoms with van der Waals surface area (Å²) in [4.78, 5) is 48.2. The fourth-order valence-corrected chi connectivity index (χ4v) is 3.52. The van der Waals surface area contributed by atoms with E-state index in [0.717, 1.165) is 6.08 Å². The molecule has 138 valence electrons. The lowest BCUT2D eigenvalue weighted by Crippen LogP contribution is -2.24. The molecule has 0 spiro atoms. The van der Waals surface area contributed by atoms with Gasteiger partial charge in [0, 0.05) is 32.0 Å². The van der Waals surface area contributed by atoms with Gasteiger partial charge < -0.3 is 18.8 Å². The van der Waals surface area contributed by atoms with E-state index in [4.69, 9.17) is 14.2 Å². The summed E-state index contributed by atoms with van der Waals surface area (Å²) in [6, 6.07) is 0. The third-order valence-corrected chi connectivity index (χ3v) is 4.46. The zero-order chi connectivity index (χ0) is 19.0. The smallest absolute Gasteiger partial charge is 0.303 e. The number of ether oxygens (including phenoxy) is 3. The van der Waals surface area contributed by atoms with Crippen LogP contribution in [-0.4, -0.2) is 35.2 Å². The number of esters is 2. The number of Topliss-reactive ketones (excluding diaryl/α,β-unsaturated/α-hetero) is 1. The largest absolute Gasteiger partial charge is 0.492 e. The molecule has 0 fully saturated rings. The van der Waals surface area contributed by atoms with Gasteiger partial charge in [0.05, 0.1) is 18.4 Å². The van der Waals surface area contributed by atoms with Gasteiger partial charge >= 0.3 is 11.9 Å². The predicted molar refractivity (Wildman–Crippen MR) is 87.4 cm³/mol. The Bertz CT molecular complexity index is 846. The van der Waals surface area contributed by atoms with Crippen molar-refractivity contribution in [3.63, 3.8) is 0 Å². The minimum atomic E-state index is -0.607. The van der Waals surface area contributed by atoms with Crippen LogP contribution in [0.1, 0.15) is 64.9 Å². The van der Waals surface area contributed by atoms with Gasteiger partial charge in [0.1, 0.15) is 18.4 Å². The highest BCUT2D eigenvalue weighted by atomic mass is 16.5. The quantitative estimate of drug-likeness (QED) is 0.754. The Morgan fingerprint density at radius 1 is 1.23 bits per heavy atom. The lowest BCUT2D eigenvalue weighted by molar-refractivity contribution is -0.148. The lowest BCUT2D eigenvalue weighted by Gasteiger charge is -2.26. The van der Waals surface area contributed by atoms with E-state index in [1.807, 2.05) is 0 Å².